The first kappa shape index (κ1) is 22.1. The van der Waals surface area contributed by atoms with Gasteiger partial charge in [-0.2, -0.15) is 16.4 Å². The lowest BCUT2D eigenvalue weighted by Crippen LogP contribution is -2.27. The maximum atomic E-state index is 12.4. The lowest BCUT2D eigenvalue weighted by molar-refractivity contribution is -0.123. The molecule has 0 spiro atoms. The fraction of sp³-hybridized carbons (Fsp3) is 0.148. The van der Waals surface area contributed by atoms with Gasteiger partial charge in [0.25, 0.3) is 0 Å². The zero-order chi connectivity index (χ0) is 24.9. The molecule has 36 heavy (non-hydrogen) atoms. The van der Waals surface area contributed by atoms with Gasteiger partial charge in [0.1, 0.15) is 0 Å². The number of hydrogen-bond acceptors (Lipinski definition) is 6. The molecule has 6 rings (SSSR count). The van der Waals surface area contributed by atoms with E-state index in [1.54, 1.807) is 29.9 Å². The van der Waals surface area contributed by atoms with Gasteiger partial charge in [0.05, 0.1) is 35.0 Å². The number of pyridine rings is 3. The van der Waals surface area contributed by atoms with Gasteiger partial charge in [0, 0.05) is 51.5 Å². The monoisotopic (exact) mass is 493 g/mol. The van der Waals surface area contributed by atoms with Crippen LogP contribution in [-0.2, 0) is 4.79 Å². The van der Waals surface area contributed by atoms with Gasteiger partial charge >= 0.3 is 0 Å². The van der Waals surface area contributed by atoms with Gasteiger partial charge in [-0.1, -0.05) is 20.8 Å². The first-order valence-electron chi connectivity index (χ1n) is 11.5. The zero-order valence-corrected chi connectivity index (χ0v) is 20.8. The van der Waals surface area contributed by atoms with Crippen molar-refractivity contribution in [2.45, 2.75) is 20.8 Å². The molecule has 0 radical (unpaired) electrons. The number of aromatic amines is 2. The van der Waals surface area contributed by atoms with Crippen molar-refractivity contribution >= 4 is 44.9 Å². The Morgan fingerprint density at radius 1 is 0.944 bits per heavy atom. The van der Waals surface area contributed by atoms with Crippen LogP contribution in [-0.4, -0.2) is 36.0 Å². The Hall–Kier alpha value is -4.37. The lowest BCUT2D eigenvalue weighted by atomic mass is 9.95. The van der Waals surface area contributed by atoms with E-state index in [0.29, 0.717) is 11.3 Å². The molecule has 0 atom stereocenters. The quantitative estimate of drug-likeness (QED) is 0.268. The van der Waals surface area contributed by atoms with E-state index < -0.39 is 5.41 Å². The summed E-state index contributed by atoms with van der Waals surface area (Å²) in [6, 6.07) is 8.16. The highest BCUT2D eigenvalue weighted by Crippen LogP contribution is 2.35. The fourth-order valence-electron chi connectivity index (χ4n) is 4.08. The number of anilines is 1. The maximum Gasteiger partial charge on any atom is 0.229 e. The molecule has 0 aromatic carbocycles. The summed E-state index contributed by atoms with van der Waals surface area (Å²) in [7, 11) is 0. The highest BCUT2D eigenvalue weighted by molar-refractivity contribution is 7.08. The summed E-state index contributed by atoms with van der Waals surface area (Å²) in [6.45, 7) is 5.63. The average molecular weight is 494 g/mol. The van der Waals surface area contributed by atoms with Crippen molar-refractivity contribution < 1.29 is 4.79 Å². The van der Waals surface area contributed by atoms with Gasteiger partial charge in [-0.25, -0.2) is 4.98 Å². The Labute approximate surface area is 210 Å². The van der Waals surface area contributed by atoms with Crippen molar-refractivity contribution in [3.05, 3.63) is 66.0 Å². The number of nitrogens with one attached hydrogen (secondary N) is 3. The molecule has 6 aromatic heterocycles. The number of aromatic nitrogens is 6. The van der Waals surface area contributed by atoms with Crippen LogP contribution in [0.5, 0.6) is 0 Å². The molecule has 0 aliphatic heterocycles. The summed E-state index contributed by atoms with van der Waals surface area (Å²) in [5, 5.41) is 16.7. The van der Waals surface area contributed by atoms with Crippen molar-refractivity contribution in [3.63, 3.8) is 0 Å². The van der Waals surface area contributed by atoms with Crippen LogP contribution in [0.1, 0.15) is 20.8 Å². The highest BCUT2D eigenvalue weighted by Gasteiger charge is 2.21. The Balaban J connectivity index is 1.40. The molecular formula is C27H23N7OS. The van der Waals surface area contributed by atoms with Crippen LogP contribution in [0.3, 0.4) is 0 Å². The van der Waals surface area contributed by atoms with Crippen LogP contribution in [0.25, 0.3) is 55.6 Å². The molecule has 1 amide bonds. The van der Waals surface area contributed by atoms with Gasteiger partial charge in [0.2, 0.25) is 5.91 Å². The number of hydrogen-bond donors (Lipinski definition) is 3. The predicted molar refractivity (Wildman–Crippen MR) is 144 cm³/mol. The predicted octanol–water partition coefficient (Wildman–Crippen LogP) is 6.28. The van der Waals surface area contributed by atoms with Gasteiger partial charge < -0.3 is 10.3 Å². The molecule has 0 fully saturated rings. The van der Waals surface area contributed by atoms with E-state index >= 15 is 0 Å². The first-order valence-corrected chi connectivity index (χ1v) is 12.4. The Morgan fingerprint density at radius 3 is 2.58 bits per heavy atom. The van der Waals surface area contributed by atoms with Crippen LogP contribution in [0.2, 0.25) is 0 Å². The Morgan fingerprint density at radius 2 is 1.78 bits per heavy atom. The van der Waals surface area contributed by atoms with Gasteiger partial charge in [-0.05, 0) is 40.6 Å². The van der Waals surface area contributed by atoms with Crippen LogP contribution >= 0.6 is 11.3 Å². The van der Waals surface area contributed by atoms with Crippen LogP contribution in [0, 0.1) is 5.41 Å². The second-order valence-electron chi connectivity index (χ2n) is 9.70. The van der Waals surface area contributed by atoms with E-state index in [4.69, 9.17) is 0 Å². The molecule has 0 unspecified atom stereocenters. The summed E-state index contributed by atoms with van der Waals surface area (Å²) in [5.74, 6) is -0.0673. The number of fused-ring (bicyclic) bond motifs is 2. The lowest BCUT2D eigenvalue weighted by Gasteiger charge is -2.17. The molecule has 0 bridgehead atoms. The standard InChI is InChI=1S/C27H23N7OS/c1-27(2,3)26(35)31-18-6-16(9-28-11-18)17-7-20-24(33-34-25(20)30-10-17)22-8-19-21(15-4-5-36-14-15)12-29-13-23(19)32-22/h4-14,32H,1-3H3,(H,31,35)(H,30,33,34). The normalized spacial score (nSPS) is 11.9. The van der Waals surface area contributed by atoms with E-state index in [9.17, 15) is 4.79 Å². The number of rotatable bonds is 4. The molecule has 9 heteroatoms. The molecule has 0 saturated carbocycles. The minimum atomic E-state index is -0.499. The number of H-pyrrole nitrogens is 2. The number of thiophene rings is 1. The number of carbonyl (C=O) groups excluding carboxylic acids is 1. The second-order valence-corrected chi connectivity index (χ2v) is 10.5. The summed E-state index contributed by atoms with van der Waals surface area (Å²) >= 11 is 1.66. The molecule has 178 valence electrons. The smallest absolute Gasteiger partial charge is 0.229 e. The molecule has 6 heterocycles. The van der Waals surface area contributed by atoms with Gasteiger partial charge in [-0.3, -0.25) is 19.9 Å². The van der Waals surface area contributed by atoms with Gasteiger partial charge in [0.15, 0.2) is 5.65 Å². The second kappa shape index (κ2) is 8.39. The third-order valence-electron chi connectivity index (χ3n) is 6.07. The summed E-state index contributed by atoms with van der Waals surface area (Å²) in [6.07, 6.45) is 8.90. The third kappa shape index (κ3) is 3.93. The fourth-order valence-corrected chi connectivity index (χ4v) is 4.74. The molecule has 3 N–H and O–H groups in total. The van der Waals surface area contributed by atoms with E-state index in [0.717, 1.165) is 49.9 Å². The number of carbonyl (C=O) groups is 1. The third-order valence-corrected chi connectivity index (χ3v) is 6.75. The molecular weight excluding hydrogens is 470 g/mol. The van der Waals surface area contributed by atoms with Crippen molar-refractivity contribution in [1.82, 2.24) is 30.1 Å². The SMILES string of the molecule is CC(C)(C)C(=O)Nc1cncc(-c2cnc3n[nH]c(-c4cc5c(-c6ccsc6)cncc5[nH]4)c3c2)c1. The van der Waals surface area contributed by atoms with Crippen molar-refractivity contribution in [2.24, 2.45) is 5.41 Å². The van der Waals surface area contributed by atoms with Crippen LogP contribution < -0.4 is 5.32 Å². The Bertz CT molecular complexity index is 1720. The molecule has 6 aromatic rings. The van der Waals surface area contributed by atoms with Crippen molar-refractivity contribution in [2.75, 3.05) is 5.32 Å². The number of amides is 1. The van der Waals surface area contributed by atoms with Gasteiger partial charge in [-0.15, -0.1) is 0 Å². The zero-order valence-electron chi connectivity index (χ0n) is 20.0. The highest BCUT2D eigenvalue weighted by atomic mass is 32.1. The van der Waals surface area contributed by atoms with Crippen LogP contribution in [0.15, 0.2) is 66.0 Å². The van der Waals surface area contributed by atoms with Crippen molar-refractivity contribution in [3.8, 4) is 33.6 Å². The average Bonchev–Trinajstić information content (AvgIpc) is 3.62. The summed E-state index contributed by atoms with van der Waals surface area (Å²) < 4.78 is 0. The molecule has 8 nitrogen and oxygen atoms in total. The summed E-state index contributed by atoms with van der Waals surface area (Å²) in [5.41, 5.74) is 7.42. The van der Waals surface area contributed by atoms with Crippen molar-refractivity contribution in [1.29, 1.82) is 0 Å². The Kier molecular flexibility index (Phi) is 5.15. The largest absolute Gasteiger partial charge is 0.352 e. The summed E-state index contributed by atoms with van der Waals surface area (Å²) in [4.78, 5) is 29.2. The first-order chi connectivity index (χ1) is 17.4. The molecule has 0 aliphatic carbocycles. The minimum absolute atomic E-state index is 0.0673. The molecule has 0 saturated heterocycles. The topological polar surface area (TPSA) is 112 Å². The molecule has 0 aliphatic rings. The van der Waals surface area contributed by atoms with E-state index in [1.165, 1.54) is 0 Å². The van der Waals surface area contributed by atoms with E-state index in [1.807, 2.05) is 45.3 Å². The van der Waals surface area contributed by atoms with E-state index in [-0.39, 0.29) is 5.91 Å². The van der Waals surface area contributed by atoms with E-state index in [2.05, 4.69) is 58.3 Å². The number of nitrogens with zero attached hydrogens (tertiary/aromatic N) is 4. The van der Waals surface area contributed by atoms with Crippen LogP contribution in [0.4, 0.5) is 5.69 Å². The minimum Gasteiger partial charge on any atom is -0.352 e. The maximum absolute atomic E-state index is 12.4.